The van der Waals surface area contributed by atoms with Gasteiger partial charge in [-0.3, -0.25) is 0 Å². The second-order valence-corrected chi connectivity index (χ2v) is 5.01. The Morgan fingerprint density at radius 2 is 1.83 bits per heavy atom. The molecular formula is C11H20O7. The van der Waals surface area contributed by atoms with Crippen LogP contribution >= 0.6 is 0 Å². The van der Waals surface area contributed by atoms with Crippen LogP contribution in [0.5, 0.6) is 0 Å². The van der Waals surface area contributed by atoms with Crippen molar-refractivity contribution in [2.24, 2.45) is 0 Å². The SMILES string of the molecule is CO[C@H]1O[C@H]([C@H](O)[C@H](O)CO)[C@@H]2OC(C)(C)O[C@H]12. The predicted octanol–water partition coefficient (Wildman–Crippen LogP) is -1.41. The highest BCUT2D eigenvalue weighted by molar-refractivity contribution is 4.99. The van der Waals surface area contributed by atoms with Crippen molar-refractivity contribution in [3.63, 3.8) is 0 Å². The minimum atomic E-state index is -1.29. The topological polar surface area (TPSA) is 97.6 Å². The quantitative estimate of drug-likeness (QED) is 0.574. The second kappa shape index (κ2) is 5.01. The first-order valence-electron chi connectivity index (χ1n) is 5.90. The van der Waals surface area contributed by atoms with E-state index in [1.807, 2.05) is 0 Å². The Hall–Kier alpha value is -0.280. The summed E-state index contributed by atoms with van der Waals surface area (Å²) < 4.78 is 21.9. The summed E-state index contributed by atoms with van der Waals surface area (Å²) in [7, 11) is 1.47. The van der Waals surface area contributed by atoms with E-state index in [2.05, 4.69) is 0 Å². The molecule has 0 saturated carbocycles. The number of methoxy groups -OCH3 is 1. The molecule has 2 aliphatic heterocycles. The lowest BCUT2D eigenvalue weighted by Crippen LogP contribution is -2.46. The van der Waals surface area contributed by atoms with Gasteiger partial charge >= 0.3 is 0 Å². The van der Waals surface area contributed by atoms with Gasteiger partial charge in [-0.15, -0.1) is 0 Å². The number of hydrogen-bond donors (Lipinski definition) is 3. The van der Waals surface area contributed by atoms with Gasteiger partial charge in [0.25, 0.3) is 0 Å². The Kier molecular flexibility index (Phi) is 3.93. The molecule has 18 heavy (non-hydrogen) atoms. The molecule has 6 atom stereocenters. The van der Waals surface area contributed by atoms with E-state index in [0.717, 1.165) is 0 Å². The molecule has 7 heteroatoms. The zero-order valence-electron chi connectivity index (χ0n) is 10.6. The van der Waals surface area contributed by atoms with Gasteiger partial charge in [-0.2, -0.15) is 0 Å². The van der Waals surface area contributed by atoms with Gasteiger partial charge in [-0.1, -0.05) is 0 Å². The van der Waals surface area contributed by atoms with E-state index < -0.39 is 49.2 Å². The molecule has 0 aromatic carbocycles. The van der Waals surface area contributed by atoms with Gasteiger partial charge in [0.05, 0.1) is 6.61 Å². The van der Waals surface area contributed by atoms with Gasteiger partial charge in [0.1, 0.15) is 30.5 Å². The second-order valence-electron chi connectivity index (χ2n) is 5.01. The Morgan fingerprint density at radius 1 is 1.22 bits per heavy atom. The van der Waals surface area contributed by atoms with Gasteiger partial charge in [0, 0.05) is 7.11 Å². The normalized spacial score (nSPS) is 41.7. The predicted molar refractivity (Wildman–Crippen MR) is 58.6 cm³/mol. The number of fused-ring (bicyclic) bond motifs is 1. The van der Waals surface area contributed by atoms with E-state index in [1.54, 1.807) is 13.8 Å². The van der Waals surface area contributed by atoms with Crippen LogP contribution in [0.25, 0.3) is 0 Å². The van der Waals surface area contributed by atoms with E-state index in [4.69, 9.17) is 24.1 Å². The van der Waals surface area contributed by atoms with E-state index in [1.165, 1.54) is 7.11 Å². The van der Waals surface area contributed by atoms with Crippen molar-refractivity contribution in [3.05, 3.63) is 0 Å². The first kappa shape index (κ1) is 14.1. The van der Waals surface area contributed by atoms with Gasteiger partial charge in [0.2, 0.25) is 0 Å². The standard InChI is InChI=1S/C11H20O7/c1-11(2)17-8-7(6(14)5(13)4-12)16-10(15-3)9(8)18-11/h5-10,12-14H,4H2,1-3H3/t5-,6-,7-,8+,9+,10+/m1/s1. The van der Waals surface area contributed by atoms with Gasteiger partial charge in [-0.25, -0.2) is 0 Å². The third-order valence-corrected chi connectivity index (χ3v) is 3.20. The van der Waals surface area contributed by atoms with Crippen LogP contribution in [-0.2, 0) is 18.9 Å². The zero-order chi connectivity index (χ0) is 13.5. The molecule has 7 nitrogen and oxygen atoms in total. The minimum Gasteiger partial charge on any atom is -0.394 e. The van der Waals surface area contributed by atoms with Gasteiger partial charge in [-0.05, 0) is 13.8 Å². The smallest absolute Gasteiger partial charge is 0.186 e. The molecule has 2 saturated heterocycles. The molecule has 0 radical (unpaired) electrons. The first-order chi connectivity index (χ1) is 8.39. The summed E-state index contributed by atoms with van der Waals surface area (Å²) in [5, 5.41) is 28.3. The maximum absolute atomic E-state index is 9.92. The average Bonchev–Trinajstić information content (AvgIpc) is 2.80. The molecule has 0 aromatic rings. The Morgan fingerprint density at radius 3 is 2.39 bits per heavy atom. The van der Waals surface area contributed by atoms with E-state index >= 15 is 0 Å². The zero-order valence-corrected chi connectivity index (χ0v) is 10.6. The maximum Gasteiger partial charge on any atom is 0.186 e. The van der Waals surface area contributed by atoms with Crippen LogP contribution in [0.3, 0.4) is 0 Å². The number of aliphatic hydroxyl groups is 3. The molecule has 3 N–H and O–H groups in total. The summed E-state index contributed by atoms with van der Waals surface area (Å²) in [5.41, 5.74) is 0. The minimum absolute atomic E-state index is 0.462. The van der Waals surface area contributed by atoms with E-state index in [9.17, 15) is 10.2 Å². The highest BCUT2D eigenvalue weighted by Crippen LogP contribution is 2.40. The molecule has 0 bridgehead atoms. The number of hydrogen-bond acceptors (Lipinski definition) is 7. The number of ether oxygens (including phenoxy) is 4. The van der Waals surface area contributed by atoms with E-state index in [-0.39, 0.29) is 0 Å². The molecule has 2 rings (SSSR count). The van der Waals surface area contributed by atoms with Crippen molar-refractivity contribution in [2.45, 2.75) is 56.4 Å². The van der Waals surface area contributed by atoms with Gasteiger partial charge in [0.15, 0.2) is 12.1 Å². The van der Waals surface area contributed by atoms with Crippen molar-refractivity contribution < 1.29 is 34.3 Å². The number of aliphatic hydroxyl groups excluding tert-OH is 3. The van der Waals surface area contributed by atoms with Crippen molar-refractivity contribution >= 4 is 0 Å². The summed E-state index contributed by atoms with van der Waals surface area (Å²) in [6.07, 6.45) is -5.03. The molecule has 0 amide bonds. The molecule has 2 fully saturated rings. The highest BCUT2D eigenvalue weighted by Gasteiger charge is 2.58. The first-order valence-corrected chi connectivity index (χ1v) is 5.90. The monoisotopic (exact) mass is 264 g/mol. The molecule has 0 spiro atoms. The summed E-state index contributed by atoms with van der Waals surface area (Å²) >= 11 is 0. The average molecular weight is 264 g/mol. The van der Waals surface area contributed by atoms with Crippen molar-refractivity contribution in [1.82, 2.24) is 0 Å². The van der Waals surface area contributed by atoms with Crippen molar-refractivity contribution in [2.75, 3.05) is 13.7 Å². The van der Waals surface area contributed by atoms with Crippen molar-refractivity contribution in [1.29, 1.82) is 0 Å². The lowest BCUT2D eigenvalue weighted by molar-refractivity contribution is -0.242. The van der Waals surface area contributed by atoms with E-state index in [0.29, 0.717) is 0 Å². The van der Waals surface area contributed by atoms with Crippen LogP contribution in [0.15, 0.2) is 0 Å². The van der Waals surface area contributed by atoms with Crippen LogP contribution in [0.4, 0.5) is 0 Å². The highest BCUT2D eigenvalue weighted by atomic mass is 16.8. The molecule has 0 aliphatic carbocycles. The van der Waals surface area contributed by atoms with Crippen molar-refractivity contribution in [3.8, 4) is 0 Å². The van der Waals surface area contributed by atoms with Crippen LogP contribution in [0, 0.1) is 0 Å². The Balaban J connectivity index is 2.13. The summed E-state index contributed by atoms with van der Waals surface area (Å²) in [5.74, 6) is -0.794. The third kappa shape index (κ3) is 2.39. The lowest BCUT2D eigenvalue weighted by Gasteiger charge is -2.27. The van der Waals surface area contributed by atoms with Gasteiger partial charge < -0.3 is 34.3 Å². The fraction of sp³-hybridized carbons (Fsp3) is 1.00. The molecular weight excluding hydrogens is 244 g/mol. The Labute approximate surface area is 105 Å². The number of rotatable bonds is 4. The van der Waals surface area contributed by atoms with Crippen LogP contribution < -0.4 is 0 Å². The molecule has 2 aliphatic rings. The lowest BCUT2D eigenvalue weighted by atomic mass is 10.0. The molecule has 2 heterocycles. The maximum atomic E-state index is 9.92. The third-order valence-electron chi connectivity index (χ3n) is 3.20. The summed E-state index contributed by atoms with van der Waals surface area (Å²) in [4.78, 5) is 0. The fourth-order valence-corrected chi connectivity index (χ4v) is 2.38. The van der Waals surface area contributed by atoms with Crippen LogP contribution in [-0.4, -0.2) is 71.6 Å². The Bertz CT molecular complexity index is 295. The van der Waals surface area contributed by atoms with Crippen LogP contribution in [0.1, 0.15) is 13.8 Å². The largest absolute Gasteiger partial charge is 0.394 e. The fourth-order valence-electron chi connectivity index (χ4n) is 2.38. The molecule has 106 valence electrons. The molecule has 0 aromatic heterocycles. The summed E-state index contributed by atoms with van der Waals surface area (Å²) in [6.45, 7) is 2.95. The molecule has 0 unspecified atom stereocenters. The summed E-state index contributed by atoms with van der Waals surface area (Å²) in [6, 6.07) is 0. The van der Waals surface area contributed by atoms with Crippen LogP contribution in [0.2, 0.25) is 0 Å².